The summed E-state index contributed by atoms with van der Waals surface area (Å²) >= 11 is 0. The molecule has 0 spiro atoms. The lowest BCUT2D eigenvalue weighted by atomic mass is 9.99. The summed E-state index contributed by atoms with van der Waals surface area (Å²) < 4.78 is 33.0. The zero-order valence-electron chi connectivity index (χ0n) is 13.8. The van der Waals surface area contributed by atoms with E-state index in [9.17, 15) is 8.42 Å². The van der Waals surface area contributed by atoms with Gasteiger partial charge in [0.25, 0.3) is 10.0 Å². The van der Waals surface area contributed by atoms with Gasteiger partial charge in [0.05, 0.1) is 12.2 Å². The van der Waals surface area contributed by atoms with E-state index in [0.29, 0.717) is 18.0 Å². The van der Waals surface area contributed by atoms with Gasteiger partial charge in [0, 0.05) is 6.04 Å². The average molecular weight is 335 g/mol. The summed E-state index contributed by atoms with van der Waals surface area (Å²) in [6, 6.07) is 7.78. The van der Waals surface area contributed by atoms with Gasteiger partial charge in [-0.15, -0.1) is 0 Å². The summed E-state index contributed by atoms with van der Waals surface area (Å²) in [6.45, 7) is 3.70. The number of para-hydroxylation sites is 1. The normalized spacial score (nSPS) is 18.3. The fraction of sp³-hybridized carbons (Fsp3) is 0.438. The summed E-state index contributed by atoms with van der Waals surface area (Å²) in [5, 5.41) is 3.80. The minimum Gasteiger partial charge on any atom is -0.360 e. The molecule has 23 heavy (non-hydrogen) atoms. The van der Waals surface area contributed by atoms with E-state index >= 15 is 0 Å². The summed E-state index contributed by atoms with van der Waals surface area (Å²) in [5.41, 5.74) is 2.17. The number of rotatable bonds is 3. The van der Waals surface area contributed by atoms with Crippen LogP contribution in [0.1, 0.15) is 17.0 Å². The highest BCUT2D eigenvalue weighted by molar-refractivity contribution is 7.93. The molecule has 0 saturated carbocycles. The third-order valence-electron chi connectivity index (χ3n) is 4.34. The Morgan fingerprint density at radius 3 is 2.57 bits per heavy atom. The van der Waals surface area contributed by atoms with Gasteiger partial charge in [-0.1, -0.05) is 23.4 Å². The molecule has 1 aromatic heterocycles. The largest absolute Gasteiger partial charge is 0.360 e. The lowest BCUT2D eigenvalue weighted by molar-refractivity contribution is 0.293. The first-order chi connectivity index (χ1) is 10.8. The molecule has 0 aliphatic carbocycles. The van der Waals surface area contributed by atoms with Crippen LogP contribution < -0.4 is 4.31 Å². The van der Waals surface area contributed by atoms with Crippen molar-refractivity contribution in [2.45, 2.75) is 31.2 Å². The summed E-state index contributed by atoms with van der Waals surface area (Å²) in [5.74, 6) is 0.326. The van der Waals surface area contributed by atoms with Crippen molar-refractivity contribution in [3.05, 3.63) is 41.3 Å². The molecule has 1 aliphatic heterocycles. The van der Waals surface area contributed by atoms with Gasteiger partial charge in [-0.3, -0.25) is 4.31 Å². The van der Waals surface area contributed by atoms with E-state index in [2.05, 4.69) is 10.1 Å². The van der Waals surface area contributed by atoms with Gasteiger partial charge in [0.1, 0.15) is 5.69 Å². The topological polar surface area (TPSA) is 66.7 Å². The van der Waals surface area contributed by atoms with E-state index < -0.39 is 10.0 Å². The lowest BCUT2D eigenvalue weighted by Gasteiger charge is -2.37. The molecular formula is C16H21N3O3S. The smallest absolute Gasteiger partial charge is 0.269 e. The monoisotopic (exact) mass is 335 g/mol. The van der Waals surface area contributed by atoms with Gasteiger partial charge in [0.15, 0.2) is 10.7 Å². The van der Waals surface area contributed by atoms with Crippen LogP contribution in [0, 0.1) is 13.8 Å². The molecular weight excluding hydrogens is 314 g/mol. The average Bonchev–Trinajstić information content (AvgIpc) is 2.85. The first-order valence-electron chi connectivity index (χ1n) is 7.52. The SMILES string of the molecule is Cc1noc(C)c1S(=O)(=O)N1C[C@@H](N(C)C)Cc2ccccc21. The second-order valence-corrected chi connectivity index (χ2v) is 7.94. The van der Waals surface area contributed by atoms with Crippen molar-refractivity contribution in [2.75, 3.05) is 24.9 Å². The Balaban J connectivity index is 2.14. The van der Waals surface area contributed by atoms with Gasteiger partial charge < -0.3 is 9.42 Å². The van der Waals surface area contributed by atoms with Crippen molar-refractivity contribution in [3.63, 3.8) is 0 Å². The van der Waals surface area contributed by atoms with Crippen molar-refractivity contribution in [1.29, 1.82) is 0 Å². The number of hydrogen-bond acceptors (Lipinski definition) is 5. The molecule has 2 heterocycles. The van der Waals surface area contributed by atoms with Crippen LogP contribution in [0.25, 0.3) is 0 Å². The quantitative estimate of drug-likeness (QED) is 0.858. The van der Waals surface area contributed by atoms with E-state index in [4.69, 9.17) is 4.52 Å². The predicted octanol–water partition coefficient (Wildman–Crippen LogP) is 1.97. The molecule has 0 N–H and O–H groups in total. The molecule has 0 unspecified atom stereocenters. The Hall–Kier alpha value is -1.86. The predicted molar refractivity (Wildman–Crippen MR) is 88.1 cm³/mol. The van der Waals surface area contributed by atoms with E-state index in [1.165, 1.54) is 4.31 Å². The maximum atomic E-state index is 13.2. The van der Waals surface area contributed by atoms with Crippen LogP contribution in [0.15, 0.2) is 33.7 Å². The Labute approximate surface area is 136 Å². The van der Waals surface area contributed by atoms with Crippen molar-refractivity contribution in [2.24, 2.45) is 0 Å². The molecule has 0 amide bonds. The number of anilines is 1. The second kappa shape index (κ2) is 5.65. The van der Waals surface area contributed by atoms with Gasteiger partial charge in [-0.25, -0.2) is 8.42 Å². The fourth-order valence-corrected chi connectivity index (χ4v) is 4.90. The van der Waals surface area contributed by atoms with Crippen LogP contribution in [0.4, 0.5) is 5.69 Å². The second-order valence-electron chi connectivity index (χ2n) is 6.14. The molecule has 0 radical (unpaired) electrons. The van der Waals surface area contributed by atoms with Gasteiger partial charge >= 0.3 is 0 Å². The highest BCUT2D eigenvalue weighted by Gasteiger charge is 2.37. The Bertz CT molecular complexity index is 807. The van der Waals surface area contributed by atoms with Gasteiger partial charge in [-0.2, -0.15) is 0 Å². The minimum atomic E-state index is -3.71. The maximum Gasteiger partial charge on any atom is 0.269 e. The fourth-order valence-electron chi connectivity index (χ4n) is 3.06. The molecule has 0 bridgehead atoms. The van der Waals surface area contributed by atoms with Crippen molar-refractivity contribution in [1.82, 2.24) is 10.1 Å². The molecule has 124 valence electrons. The van der Waals surface area contributed by atoms with Crippen LogP contribution in [0.5, 0.6) is 0 Å². The number of fused-ring (bicyclic) bond motifs is 1. The number of aryl methyl sites for hydroxylation is 2. The highest BCUT2D eigenvalue weighted by atomic mass is 32.2. The van der Waals surface area contributed by atoms with Crippen molar-refractivity contribution in [3.8, 4) is 0 Å². The Morgan fingerprint density at radius 1 is 1.26 bits per heavy atom. The van der Waals surface area contributed by atoms with Crippen molar-refractivity contribution < 1.29 is 12.9 Å². The Kier molecular flexibility index (Phi) is 3.93. The molecule has 1 atom stereocenters. The van der Waals surface area contributed by atoms with Crippen LogP contribution in [-0.4, -0.2) is 45.2 Å². The molecule has 6 nitrogen and oxygen atoms in total. The molecule has 0 saturated heterocycles. The summed E-state index contributed by atoms with van der Waals surface area (Å²) in [7, 11) is 0.234. The standard InChI is InChI=1S/C16H21N3O3S/c1-11-16(12(2)22-17-11)23(20,21)19-10-14(18(3)4)9-13-7-5-6-8-15(13)19/h5-8,14H,9-10H2,1-4H3/t14-/m0/s1. The number of aromatic nitrogens is 1. The van der Waals surface area contributed by atoms with Crippen LogP contribution in [-0.2, 0) is 16.4 Å². The van der Waals surface area contributed by atoms with Gasteiger partial charge in [0.2, 0.25) is 0 Å². The number of nitrogens with zero attached hydrogens (tertiary/aromatic N) is 3. The minimum absolute atomic E-state index is 0.125. The molecule has 2 aromatic rings. The molecule has 0 fully saturated rings. The number of sulfonamides is 1. The Morgan fingerprint density at radius 2 is 1.96 bits per heavy atom. The third kappa shape index (κ3) is 2.64. The van der Waals surface area contributed by atoms with E-state index in [-0.39, 0.29) is 10.9 Å². The highest BCUT2D eigenvalue weighted by Crippen LogP contribution is 2.34. The maximum absolute atomic E-state index is 13.2. The van der Waals surface area contributed by atoms with Crippen LogP contribution in [0.3, 0.4) is 0 Å². The van der Waals surface area contributed by atoms with Gasteiger partial charge in [-0.05, 0) is 46.0 Å². The molecule has 3 rings (SSSR count). The van der Waals surface area contributed by atoms with E-state index in [1.807, 2.05) is 38.4 Å². The first-order valence-corrected chi connectivity index (χ1v) is 8.96. The summed E-state index contributed by atoms with van der Waals surface area (Å²) in [4.78, 5) is 2.23. The zero-order valence-corrected chi connectivity index (χ0v) is 14.6. The third-order valence-corrected chi connectivity index (χ3v) is 6.36. The van der Waals surface area contributed by atoms with Crippen LogP contribution >= 0.6 is 0 Å². The van der Waals surface area contributed by atoms with Crippen LogP contribution in [0.2, 0.25) is 0 Å². The van der Waals surface area contributed by atoms with E-state index in [1.54, 1.807) is 13.8 Å². The first kappa shape index (κ1) is 16.0. The molecule has 1 aliphatic rings. The molecule has 1 aromatic carbocycles. The zero-order chi connectivity index (χ0) is 16.8. The number of benzene rings is 1. The number of hydrogen-bond donors (Lipinski definition) is 0. The molecule has 7 heteroatoms. The van der Waals surface area contributed by atoms with Crippen molar-refractivity contribution >= 4 is 15.7 Å². The lowest BCUT2D eigenvalue weighted by Crippen LogP contribution is -2.48. The number of likely N-dealkylation sites (N-methyl/N-ethyl adjacent to an activating group) is 1. The summed E-state index contributed by atoms with van der Waals surface area (Å²) in [6.07, 6.45) is 0.830. The van der Waals surface area contributed by atoms with E-state index in [0.717, 1.165) is 17.7 Å².